The van der Waals surface area contributed by atoms with Crippen LogP contribution < -0.4 is 0 Å². The van der Waals surface area contributed by atoms with Gasteiger partial charge in [0.2, 0.25) is 0 Å². The summed E-state index contributed by atoms with van der Waals surface area (Å²) in [6, 6.07) is 11.3. The predicted octanol–water partition coefficient (Wildman–Crippen LogP) is 4.87. The topological polar surface area (TPSA) is 50.2 Å². The lowest BCUT2D eigenvalue weighted by Crippen LogP contribution is -2.03. The van der Waals surface area contributed by atoms with E-state index in [4.69, 9.17) is 11.6 Å². The van der Waals surface area contributed by atoms with Gasteiger partial charge in [-0.25, -0.2) is 4.79 Å². The molecule has 0 aliphatic rings. The van der Waals surface area contributed by atoms with Gasteiger partial charge in [-0.1, -0.05) is 41.4 Å². The standard InChI is InChI=1S/C18H14ClNO2/c1-10-7-11(2)17-13(8-10)16(14(9-20-17)18(21)22)12-5-3-4-6-15(12)19/h3-9H,1-2H3,(H,21,22). The van der Waals surface area contributed by atoms with Crippen LogP contribution in [0.25, 0.3) is 22.0 Å². The number of hydrogen-bond acceptors (Lipinski definition) is 2. The van der Waals surface area contributed by atoms with E-state index in [1.807, 2.05) is 44.2 Å². The second-order valence-corrected chi connectivity index (χ2v) is 5.72. The van der Waals surface area contributed by atoms with E-state index in [-0.39, 0.29) is 5.56 Å². The maximum Gasteiger partial charge on any atom is 0.337 e. The molecule has 0 bridgehead atoms. The van der Waals surface area contributed by atoms with Gasteiger partial charge in [-0.2, -0.15) is 0 Å². The molecule has 0 saturated heterocycles. The minimum absolute atomic E-state index is 0.158. The van der Waals surface area contributed by atoms with Crippen molar-refractivity contribution in [1.82, 2.24) is 4.98 Å². The minimum Gasteiger partial charge on any atom is -0.478 e. The summed E-state index contributed by atoms with van der Waals surface area (Å²) < 4.78 is 0. The summed E-state index contributed by atoms with van der Waals surface area (Å²) in [4.78, 5) is 16.0. The van der Waals surface area contributed by atoms with Crippen molar-refractivity contribution in [3.63, 3.8) is 0 Å². The maximum atomic E-state index is 11.6. The van der Waals surface area contributed by atoms with Crippen molar-refractivity contribution in [1.29, 1.82) is 0 Å². The molecule has 3 rings (SSSR count). The number of halogens is 1. The summed E-state index contributed by atoms with van der Waals surface area (Å²) >= 11 is 6.30. The Labute approximate surface area is 133 Å². The van der Waals surface area contributed by atoms with Crippen LogP contribution >= 0.6 is 11.6 Å². The van der Waals surface area contributed by atoms with E-state index in [1.54, 1.807) is 6.07 Å². The van der Waals surface area contributed by atoms with Gasteiger partial charge >= 0.3 is 5.97 Å². The van der Waals surface area contributed by atoms with Crippen molar-refractivity contribution in [2.45, 2.75) is 13.8 Å². The molecule has 0 aliphatic carbocycles. The van der Waals surface area contributed by atoms with Gasteiger partial charge in [0, 0.05) is 27.7 Å². The van der Waals surface area contributed by atoms with Crippen LogP contribution in [0, 0.1) is 13.8 Å². The van der Waals surface area contributed by atoms with E-state index < -0.39 is 5.97 Å². The van der Waals surface area contributed by atoms with Crippen LogP contribution in [0.1, 0.15) is 21.5 Å². The summed E-state index contributed by atoms with van der Waals surface area (Å²) in [6.45, 7) is 3.95. The fourth-order valence-electron chi connectivity index (χ4n) is 2.78. The predicted molar refractivity (Wildman–Crippen MR) is 88.6 cm³/mol. The Morgan fingerprint density at radius 2 is 1.91 bits per heavy atom. The zero-order valence-corrected chi connectivity index (χ0v) is 13.0. The van der Waals surface area contributed by atoms with Crippen molar-refractivity contribution in [3.05, 3.63) is 64.3 Å². The number of rotatable bonds is 2. The lowest BCUT2D eigenvalue weighted by molar-refractivity contribution is 0.0697. The van der Waals surface area contributed by atoms with Gasteiger partial charge in [-0.3, -0.25) is 4.98 Å². The lowest BCUT2D eigenvalue weighted by Gasteiger charge is -2.13. The lowest BCUT2D eigenvalue weighted by atomic mass is 9.94. The highest BCUT2D eigenvalue weighted by Gasteiger charge is 2.19. The van der Waals surface area contributed by atoms with Gasteiger partial charge in [-0.05, 0) is 31.5 Å². The van der Waals surface area contributed by atoms with Crippen molar-refractivity contribution in [2.24, 2.45) is 0 Å². The first-order chi connectivity index (χ1) is 10.5. The second-order valence-electron chi connectivity index (χ2n) is 5.31. The number of aromatic nitrogens is 1. The summed E-state index contributed by atoms with van der Waals surface area (Å²) in [7, 11) is 0. The molecule has 3 nitrogen and oxygen atoms in total. The molecule has 2 aromatic carbocycles. The van der Waals surface area contributed by atoms with E-state index in [9.17, 15) is 9.90 Å². The number of pyridine rings is 1. The number of carbonyl (C=O) groups is 1. The van der Waals surface area contributed by atoms with Crippen molar-refractivity contribution in [3.8, 4) is 11.1 Å². The van der Waals surface area contributed by atoms with Crippen molar-refractivity contribution < 1.29 is 9.90 Å². The fourth-order valence-corrected chi connectivity index (χ4v) is 3.01. The van der Waals surface area contributed by atoms with Gasteiger partial charge in [0.1, 0.15) is 0 Å². The number of fused-ring (bicyclic) bond motifs is 1. The van der Waals surface area contributed by atoms with Crippen LogP contribution in [0.15, 0.2) is 42.6 Å². The number of aryl methyl sites for hydroxylation is 2. The quantitative estimate of drug-likeness (QED) is 0.734. The Kier molecular flexibility index (Phi) is 3.59. The molecule has 0 unspecified atom stereocenters. The number of aromatic carboxylic acids is 1. The van der Waals surface area contributed by atoms with E-state index >= 15 is 0 Å². The first-order valence-corrected chi connectivity index (χ1v) is 7.25. The fraction of sp³-hybridized carbons (Fsp3) is 0.111. The molecule has 1 aromatic heterocycles. The van der Waals surface area contributed by atoms with Gasteiger partial charge in [0.05, 0.1) is 11.1 Å². The number of benzene rings is 2. The molecular formula is C18H14ClNO2. The molecule has 1 heterocycles. The normalized spacial score (nSPS) is 10.9. The van der Waals surface area contributed by atoms with E-state index in [1.165, 1.54) is 6.20 Å². The number of nitrogens with zero attached hydrogens (tertiary/aromatic N) is 1. The molecule has 0 radical (unpaired) electrons. The molecule has 110 valence electrons. The van der Waals surface area contributed by atoms with Gasteiger partial charge in [0.15, 0.2) is 0 Å². The van der Waals surface area contributed by atoms with Crippen LogP contribution in [-0.4, -0.2) is 16.1 Å². The summed E-state index contributed by atoms with van der Waals surface area (Å²) in [5.74, 6) is -1.01. The molecule has 0 amide bonds. The Morgan fingerprint density at radius 3 is 2.59 bits per heavy atom. The third-order valence-electron chi connectivity index (χ3n) is 3.68. The molecule has 0 fully saturated rings. The number of carboxylic acids is 1. The molecule has 0 aliphatic heterocycles. The van der Waals surface area contributed by atoms with Gasteiger partial charge < -0.3 is 5.11 Å². The van der Waals surface area contributed by atoms with Crippen LogP contribution in [0.2, 0.25) is 5.02 Å². The minimum atomic E-state index is -1.01. The molecule has 4 heteroatoms. The van der Waals surface area contributed by atoms with E-state index in [0.29, 0.717) is 16.1 Å². The summed E-state index contributed by atoms with van der Waals surface area (Å²) in [5, 5.41) is 10.9. The van der Waals surface area contributed by atoms with Crippen LogP contribution in [0.4, 0.5) is 0 Å². The van der Waals surface area contributed by atoms with Crippen LogP contribution in [0.3, 0.4) is 0 Å². The molecule has 0 saturated carbocycles. The largest absolute Gasteiger partial charge is 0.478 e. The van der Waals surface area contributed by atoms with Gasteiger partial charge in [-0.15, -0.1) is 0 Å². The highest BCUT2D eigenvalue weighted by molar-refractivity contribution is 6.34. The van der Waals surface area contributed by atoms with Crippen LogP contribution in [0.5, 0.6) is 0 Å². The third-order valence-corrected chi connectivity index (χ3v) is 4.01. The van der Waals surface area contributed by atoms with Gasteiger partial charge in [0.25, 0.3) is 0 Å². The number of carboxylic acid groups (broad SMARTS) is 1. The molecule has 1 N–H and O–H groups in total. The average Bonchev–Trinajstić information content (AvgIpc) is 2.46. The average molecular weight is 312 g/mol. The molecule has 0 spiro atoms. The molecular weight excluding hydrogens is 298 g/mol. The Balaban J connectivity index is 2.51. The van der Waals surface area contributed by atoms with Crippen LogP contribution in [-0.2, 0) is 0 Å². The zero-order chi connectivity index (χ0) is 15.9. The smallest absolute Gasteiger partial charge is 0.337 e. The highest BCUT2D eigenvalue weighted by atomic mass is 35.5. The van der Waals surface area contributed by atoms with Crippen molar-refractivity contribution >= 4 is 28.5 Å². The molecule has 22 heavy (non-hydrogen) atoms. The van der Waals surface area contributed by atoms with Crippen molar-refractivity contribution in [2.75, 3.05) is 0 Å². The first kappa shape index (κ1) is 14.5. The van der Waals surface area contributed by atoms with E-state index in [2.05, 4.69) is 4.98 Å². The van der Waals surface area contributed by atoms with E-state index in [0.717, 1.165) is 22.0 Å². The first-order valence-electron chi connectivity index (χ1n) is 6.87. The molecule has 3 aromatic rings. The SMILES string of the molecule is Cc1cc(C)c2ncc(C(=O)O)c(-c3ccccc3Cl)c2c1. The summed E-state index contributed by atoms with van der Waals surface area (Å²) in [5.41, 5.74) is 4.35. The summed E-state index contributed by atoms with van der Waals surface area (Å²) in [6.07, 6.45) is 1.41. The number of hydrogen-bond donors (Lipinski definition) is 1. The Bertz CT molecular complexity index is 903. The highest BCUT2D eigenvalue weighted by Crippen LogP contribution is 2.36. The Morgan fingerprint density at radius 1 is 1.18 bits per heavy atom. The molecule has 0 atom stereocenters. The maximum absolute atomic E-state index is 11.6. The third kappa shape index (κ3) is 2.34. The second kappa shape index (κ2) is 5.43. The monoisotopic (exact) mass is 311 g/mol. The Hall–Kier alpha value is -2.39. The zero-order valence-electron chi connectivity index (χ0n) is 12.2.